The van der Waals surface area contributed by atoms with Gasteiger partial charge in [-0.25, -0.2) is 0 Å². The summed E-state index contributed by atoms with van der Waals surface area (Å²) >= 11 is 1.69. The molecule has 0 spiro atoms. The molecule has 0 saturated heterocycles. The summed E-state index contributed by atoms with van der Waals surface area (Å²) in [5.74, 6) is 5.63. The molecule has 0 atom stereocenters. The van der Waals surface area contributed by atoms with Gasteiger partial charge in [0.05, 0.1) is 0 Å². The third-order valence-corrected chi connectivity index (χ3v) is 3.08. The number of nitrogens with zero attached hydrogens (tertiary/aromatic N) is 2. The van der Waals surface area contributed by atoms with Crippen LogP contribution in [0.4, 0.5) is 0 Å². The molecule has 5 heteroatoms. The second-order valence-corrected chi connectivity index (χ2v) is 4.26. The van der Waals surface area contributed by atoms with E-state index in [0.29, 0.717) is 12.0 Å². The number of guanidine groups is 1. The molecule has 14 heavy (non-hydrogen) atoms. The van der Waals surface area contributed by atoms with Gasteiger partial charge in [0.1, 0.15) is 0 Å². The standard InChI is InChI=1S/C9H14N4S/c10-9(12-11)13(8-1-2-8)5-7-3-4-14-6-7/h3-4,6,8H,1-2,5,11H2,(H2,10,12). The highest BCUT2D eigenvalue weighted by Crippen LogP contribution is 2.28. The van der Waals surface area contributed by atoms with Crippen molar-refractivity contribution in [1.29, 1.82) is 0 Å². The number of rotatable bonds is 3. The molecule has 4 N–H and O–H groups in total. The maximum atomic E-state index is 5.73. The fraction of sp³-hybridized carbons (Fsp3) is 0.444. The van der Waals surface area contributed by atoms with Crippen LogP contribution in [0.3, 0.4) is 0 Å². The summed E-state index contributed by atoms with van der Waals surface area (Å²) in [7, 11) is 0. The van der Waals surface area contributed by atoms with E-state index in [0.717, 1.165) is 6.54 Å². The lowest BCUT2D eigenvalue weighted by Crippen LogP contribution is -2.39. The minimum absolute atomic E-state index is 0.443. The van der Waals surface area contributed by atoms with Gasteiger partial charge in [0, 0.05) is 12.6 Å². The van der Waals surface area contributed by atoms with Gasteiger partial charge >= 0.3 is 0 Å². The molecular weight excluding hydrogens is 196 g/mol. The Bertz CT molecular complexity index is 316. The second-order valence-electron chi connectivity index (χ2n) is 3.48. The number of thiophene rings is 1. The average molecular weight is 210 g/mol. The zero-order valence-corrected chi connectivity index (χ0v) is 8.70. The maximum Gasteiger partial charge on any atom is 0.213 e. The van der Waals surface area contributed by atoms with Gasteiger partial charge in [-0.1, -0.05) is 0 Å². The first kappa shape index (κ1) is 9.33. The van der Waals surface area contributed by atoms with Gasteiger partial charge in [0.25, 0.3) is 0 Å². The van der Waals surface area contributed by atoms with E-state index in [2.05, 4.69) is 26.8 Å². The van der Waals surface area contributed by atoms with E-state index >= 15 is 0 Å². The minimum atomic E-state index is 0.443. The fourth-order valence-electron chi connectivity index (χ4n) is 1.44. The number of hydrazone groups is 1. The van der Waals surface area contributed by atoms with Crippen LogP contribution in [0.5, 0.6) is 0 Å². The molecular formula is C9H14N4S. The van der Waals surface area contributed by atoms with Crippen LogP contribution in [0.2, 0.25) is 0 Å². The summed E-state index contributed by atoms with van der Waals surface area (Å²) in [5, 5.41) is 7.74. The quantitative estimate of drug-likeness (QED) is 0.337. The van der Waals surface area contributed by atoms with E-state index in [4.69, 9.17) is 11.6 Å². The van der Waals surface area contributed by atoms with Crippen LogP contribution in [-0.4, -0.2) is 16.9 Å². The van der Waals surface area contributed by atoms with E-state index in [9.17, 15) is 0 Å². The number of hydrogen-bond acceptors (Lipinski definition) is 3. The van der Waals surface area contributed by atoms with Crippen LogP contribution in [-0.2, 0) is 6.54 Å². The molecule has 0 amide bonds. The molecule has 1 fully saturated rings. The van der Waals surface area contributed by atoms with Gasteiger partial charge < -0.3 is 16.5 Å². The van der Waals surface area contributed by atoms with E-state index in [1.54, 1.807) is 11.3 Å². The van der Waals surface area contributed by atoms with Crippen molar-refractivity contribution < 1.29 is 0 Å². The highest BCUT2D eigenvalue weighted by molar-refractivity contribution is 7.07. The molecule has 0 aliphatic heterocycles. The third kappa shape index (κ3) is 1.98. The molecule has 76 valence electrons. The van der Waals surface area contributed by atoms with Gasteiger partial charge in [-0.2, -0.15) is 11.3 Å². The van der Waals surface area contributed by atoms with Crippen LogP contribution in [0.1, 0.15) is 18.4 Å². The molecule has 1 aliphatic rings. The topological polar surface area (TPSA) is 67.6 Å². The number of hydrogen-bond donors (Lipinski definition) is 2. The van der Waals surface area contributed by atoms with Crippen LogP contribution >= 0.6 is 11.3 Å². The molecule has 0 aromatic carbocycles. The Balaban J connectivity index is 2.04. The van der Waals surface area contributed by atoms with Crippen molar-refractivity contribution in [3.05, 3.63) is 22.4 Å². The fourth-order valence-corrected chi connectivity index (χ4v) is 2.10. The molecule has 1 saturated carbocycles. The molecule has 4 nitrogen and oxygen atoms in total. The van der Waals surface area contributed by atoms with Gasteiger partial charge in [0.2, 0.25) is 5.96 Å². The zero-order valence-electron chi connectivity index (χ0n) is 7.89. The molecule has 1 aromatic heterocycles. The molecule has 1 aromatic rings. The maximum absolute atomic E-state index is 5.73. The molecule has 1 heterocycles. The summed E-state index contributed by atoms with van der Waals surface area (Å²) in [6.07, 6.45) is 2.39. The lowest BCUT2D eigenvalue weighted by molar-refractivity contribution is 0.397. The molecule has 1 aliphatic carbocycles. The van der Waals surface area contributed by atoms with Crippen molar-refractivity contribution >= 4 is 17.3 Å². The first-order valence-electron chi connectivity index (χ1n) is 4.62. The predicted octanol–water partition coefficient (Wildman–Crippen LogP) is 0.901. The van der Waals surface area contributed by atoms with E-state index in [1.165, 1.54) is 18.4 Å². The Hall–Kier alpha value is -1.23. The normalized spacial score (nSPS) is 17.0. The predicted molar refractivity (Wildman–Crippen MR) is 58.7 cm³/mol. The van der Waals surface area contributed by atoms with Crippen molar-refractivity contribution in [1.82, 2.24) is 4.90 Å². The SMILES string of the molecule is NN=C(N)N(Cc1ccsc1)C1CC1. The Kier molecular flexibility index (Phi) is 2.58. The summed E-state index contributed by atoms with van der Waals surface area (Å²) in [6, 6.07) is 2.64. The first-order chi connectivity index (χ1) is 6.81. The largest absolute Gasteiger partial charge is 0.368 e. The van der Waals surface area contributed by atoms with E-state index < -0.39 is 0 Å². The average Bonchev–Trinajstić information content (AvgIpc) is 2.92. The molecule has 0 radical (unpaired) electrons. The summed E-state index contributed by atoms with van der Waals surface area (Å²) in [4.78, 5) is 2.07. The van der Waals surface area contributed by atoms with Gasteiger partial charge in [-0.3, -0.25) is 0 Å². The van der Waals surface area contributed by atoms with Crippen molar-refractivity contribution in [2.24, 2.45) is 16.7 Å². The lowest BCUT2D eigenvalue weighted by Gasteiger charge is -2.21. The van der Waals surface area contributed by atoms with Gasteiger partial charge in [-0.05, 0) is 35.2 Å². The number of nitrogens with two attached hydrogens (primary N) is 2. The first-order valence-corrected chi connectivity index (χ1v) is 5.56. The van der Waals surface area contributed by atoms with Gasteiger partial charge in [-0.15, -0.1) is 5.10 Å². The lowest BCUT2D eigenvalue weighted by atomic mass is 10.3. The van der Waals surface area contributed by atoms with Crippen molar-refractivity contribution in [3.8, 4) is 0 Å². The van der Waals surface area contributed by atoms with Gasteiger partial charge in [0.15, 0.2) is 0 Å². The second kappa shape index (κ2) is 3.88. The Morgan fingerprint density at radius 3 is 2.93 bits per heavy atom. The summed E-state index contributed by atoms with van der Waals surface area (Å²) in [5.41, 5.74) is 7.00. The summed E-state index contributed by atoms with van der Waals surface area (Å²) in [6.45, 7) is 0.820. The Labute approximate surface area is 87.2 Å². The van der Waals surface area contributed by atoms with Crippen LogP contribution in [0.15, 0.2) is 21.9 Å². The highest BCUT2D eigenvalue weighted by Gasteiger charge is 2.30. The molecule has 2 rings (SSSR count). The van der Waals surface area contributed by atoms with Crippen molar-refractivity contribution in [2.45, 2.75) is 25.4 Å². The third-order valence-electron chi connectivity index (χ3n) is 2.35. The molecule has 0 bridgehead atoms. The zero-order chi connectivity index (χ0) is 9.97. The van der Waals surface area contributed by atoms with E-state index in [1.807, 2.05) is 0 Å². The Morgan fingerprint density at radius 1 is 1.64 bits per heavy atom. The highest BCUT2D eigenvalue weighted by atomic mass is 32.1. The van der Waals surface area contributed by atoms with Crippen LogP contribution < -0.4 is 11.6 Å². The van der Waals surface area contributed by atoms with Crippen LogP contribution in [0.25, 0.3) is 0 Å². The minimum Gasteiger partial charge on any atom is -0.368 e. The van der Waals surface area contributed by atoms with E-state index in [-0.39, 0.29) is 0 Å². The summed E-state index contributed by atoms with van der Waals surface area (Å²) < 4.78 is 0. The van der Waals surface area contributed by atoms with Crippen molar-refractivity contribution in [2.75, 3.05) is 0 Å². The van der Waals surface area contributed by atoms with Crippen LogP contribution in [0, 0.1) is 0 Å². The smallest absolute Gasteiger partial charge is 0.213 e. The Morgan fingerprint density at radius 2 is 2.43 bits per heavy atom. The molecule has 0 unspecified atom stereocenters. The monoisotopic (exact) mass is 210 g/mol. The van der Waals surface area contributed by atoms with Crippen molar-refractivity contribution in [3.63, 3.8) is 0 Å².